The molecule has 0 saturated carbocycles. The second-order valence-electron chi connectivity index (χ2n) is 7.87. The van der Waals surface area contributed by atoms with Gasteiger partial charge in [-0.2, -0.15) is 0 Å². The Morgan fingerprint density at radius 2 is 0.829 bits per heavy atom. The monoisotopic (exact) mass is 456 g/mol. The van der Waals surface area contributed by atoms with Crippen molar-refractivity contribution in [2.75, 3.05) is 9.80 Å². The van der Waals surface area contributed by atoms with Crippen LogP contribution in [0.2, 0.25) is 0 Å². The molecule has 2 nitrogen and oxygen atoms in total. The van der Waals surface area contributed by atoms with E-state index in [-0.39, 0.29) is 0 Å². The van der Waals surface area contributed by atoms with Crippen molar-refractivity contribution < 1.29 is 0 Å². The number of hydrogen-bond acceptors (Lipinski definition) is 2. The maximum Gasteiger partial charge on any atom is 0.0463 e. The molecular weight excluding hydrogens is 424 g/mol. The van der Waals surface area contributed by atoms with Crippen molar-refractivity contribution in [3.63, 3.8) is 0 Å². The molecule has 1 aliphatic carbocycles. The summed E-state index contributed by atoms with van der Waals surface area (Å²) in [6.45, 7) is 4.00. The smallest absolute Gasteiger partial charge is 0.0463 e. The lowest BCUT2D eigenvalue weighted by Gasteiger charge is -2.29. The zero-order chi connectivity index (χ0) is 24.3. The van der Waals surface area contributed by atoms with Crippen LogP contribution in [0.4, 0.5) is 28.4 Å². The molecular formula is C33H32N2. The molecule has 174 valence electrons. The van der Waals surface area contributed by atoms with E-state index in [2.05, 4.69) is 155 Å². The van der Waals surface area contributed by atoms with E-state index in [0.717, 1.165) is 34.9 Å². The van der Waals surface area contributed by atoms with Crippen LogP contribution in [0.25, 0.3) is 0 Å². The van der Waals surface area contributed by atoms with E-state index in [9.17, 15) is 0 Å². The van der Waals surface area contributed by atoms with E-state index in [1.807, 2.05) is 13.8 Å². The second-order valence-corrected chi connectivity index (χ2v) is 7.87. The first-order chi connectivity index (χ1) is 17.4. The average Bonchev–Trinajstić information content (AvgIpc) is 3.22. The van der Waals surface area contributed by atoms with Gasteiger partial charge in [-0.1, -0.05) is 92.7 Å². The Morgan fingerprint density at radius 1 is 0.429 bits per heavy atom. The lowest BCUT2D eigenvalue weighted by atomic mass is 10.1. The summed E-state index contributed by atoms with van der Waals surface area (Å²) in [4.78, 5) is 4.62. The van der Waals surface area contributed by atoms with Gasteiger partial charge in [0.25, 0.3) is 0 Å². The molecule has 0 atom stereocenters. The minimum atomic E-state index is 0.879. The van der Waals surface area contributed by atoms with Gasteiger partial charge in [0, 0.05) is 40.6 Å². The molecule has 4 aromatic carbocycles. The highest BCUT2D eigenvalue weighted by Crippen LogP contribution is 2.37. The van der Waals surface area contributed by atoms with Crippen molar-refractivity contribution >= 4 is 28.4 Å². The Hall–Kier alpha value is -4.30. The molecule has 0 saturated heterocycles. The first-order valence-corrected chi connectivity index (χ1v) is 12.3. The van der Waals surface area contributed by atoms with E-state index in [1.54, 1.807) is 0 Å². The lowest BCUT2D eigenvalue weighted by molar-refractivity contribution is 1.08. The number of rotatable bonds is 6. The first-order valence-electron chi connectivity index (χ1n) is 12.3. The largest absolute Gasteiger partial charge is 0.314 e. The minimum Gasteiger partial charge on any atom is -0.314 e. The van der Waals surface area contributed by atoms with Crippen molar-refractivity contribution in [1.29, 1.82) is 0 Å². The summed E-state index contributed by atoms with van der Waals surface area (Å²) >= 11 is 0. The minimum absolute atomic E-state index is 0.879. The van der Waals surface area contributed by atoms with Gasteiger partial charge in [-0.15, -0.1) is 0 Å². The third-order valence-corrected chi connectivity index (χ3v) is 5.67. The quantitative estimate of drug-likeness (QED) is 0.285. The molecule has 35 heavy (non-hydrogen) atoms. The van der Waals surface area contributed by atoms with Gasteiger partial charge in [-0.3, -0.25) is 0 Å². The highest BCUT2D eigenvalue weighted by atomic mass is 15.2. The fraction of sp³-hybridized carbons (Fsp3) is 0.0909. The predicted molar refractivity (Wildman–Crippen MR) is 152 cm³/mol. The van der Waals surface area contributed by atoms with Crippen LogP contribution in [-0.4, -0.2) is 0 Å². The third kappa shape index (κ3) is 5.80. The molecule has 5 rings (SSSR count). The fourth-order valence-corrected chi connectivity index (χ4v) is 4.14. The van der Waals surface area contributed by atoms with Crippen molar-refractivity contribution in [1.82, 2.24) is 0 Å². The van der Waals surface area contributed by atoms with Gasteiger partial charge in [0.2, 0.25) is 0 Å². The van der Waals surface area contributed by atoms with Crippen LogP contribution < -0.4 is 9.80 Å². The van der Waals surface area contributed by atoms with Gasteiger partial charge in [0.05, 0.1) is 0 Å². The molecule has 0 fully saturated rings. The summed E-state index contributed by atoms with van der Waals surface area (Å²) in [5.74, 6) is 0. The van der Waals surface area contributed by atoms with E-state index in [1.165, 1.54) is 5.70 Å². The highest BCUT2D eigenvalue weighted by Gasteiger charge is 2.16. The number of allylic oxidation sites excluding steroid dienone is 5. The van der Waals surface area contributed by atoms with Crippen LogP contribution in [-0.2, 0) is 0 Å². The Bertz CT molecular complexity index is 1220. The maximum absolute atomic E-state index is 2.33. The van der Waals surface area contributed by atoms with Gasteiger partial charge >= 0.3 is 0 Å². The number of benzene rings is 4. The van der Waals surface area contributed by atoms with Crippen LogP contribution in [0.3, 0.4) is 0 Å². The topological polar surface area (TPSA) is 6.48 Å². The van der Waals surface area contributed by atoms with Crippen molar-refractivity contribution in [2.45, 2.75) is 20.3 Å². The van der Waals surface area contributed by atoms with Gasteiger partial charge in [-0.25, -0.2) is 0 Å². The Morgan fingerprint density at radius 3 is 1.31 bits per heavy atom. The number of para-hydroxylation sites is 3. The van der Waals surface area contributed by atoms with Crippen LogP contribution in [0.15, 0.2) is 151 Å². The van der Waals surface area contributed by atoms with Crippen LogP contribution >= 0.6 is 0 Å². The summed E-state index contributed by atoms with van der Waals surface area (Å²) in [5.41, 5.74) is 6.93. The van der Waals surface area contributed by atoms with E-state index in [0.29, 0.717) is 0 Å². The van der Waals surface area contributed by atoms with Crippen molar-refractivity contribution in [2.24, 2.45) is 0 Å². The third-order valence-electron chi connectivity index (χ3n) is 5.67. The molecule has 0 heterocycles. The van der Waals surface area contributed by atoms with Crippen LogP contribution in [0.1, 0.15) is 20.3 Å². The molecule has 2 heteroatoms. The highest BCUT2D eigenvalue weighted by molar-refractivity contribution is 5.78. The molecule has 0 unspecified atom stereocenters. The summed E-state index contributed by atoms with van der Waals surface area (Å²) in [6.07, 6.45) is 11.6. The molecule has 0 radical (unpaired) electrons. The molecule has 4 aromatic rings. The van der Waals surface area contributed by atoms with Gasteiger partial charge in [0.15, 0.2) is 0 Å². The van der Waals surface area contributed by atoms with Crippen LogP contribution in [0, 0.1) is 0 Å². The van der Waals surface area contributed by atoms with Gasteiger partial charge in [-0.05, 0) is 66.7 Å². The standard InChI is InChI=1S/C31H26N2.C2H6/c1-2-7-15-26(14-6-1)32(27-16-8-3-9-17-27)30-22-24-31(25-23-30)33(28-18-10-4-11-19-28)29-20-12-5-13-21-29;1-2/h1-14,16-25H,15H2;1-2H3. The summed E-state index contributed by atoms with van der Waals surface area (Å²) < 4.78 is 0. The van der Waals surface area contributed by atoms with Crippen LogP contribution in [0.5, 0.6) is 0 Å². The Labute approximate surface area is 209 Å². The second kappa shape index (κ2) is 12.2. The maximum atomic E-state index is 2.33. The fourth-order valence-electron chi connectivity index (χ4n) is 4.14. The number of anilines is 5. The normalized spacial score (nSPS) is 12.1. The molecule has 0 amide bonds. The number of hydrogen-bond donors (Lipinski definition) is 0. The molecule has 0 bridgehead atoms. The Balaban J connectivity index is 0.00000141. The van der Waals surface area contributed by atoms with Crippen molar-refractivity contribution in [3.05, 3.63) is 151 Å². The van der Waals surface area contributed by atoms with E-state index < -0.39 is 0 Å². The zero-order valence-corrected chi connectivity index (χ0v) is 20.5. The summed E-state index contributed by atoms with van der Waals surface area (Å²) in [6, 6.07) is 40.4. The summed E-state index contributed by atoms with van der Waals surface area (Å²) in [7, 11) is 0. The molecule has 1 aliphatic rings. The molecule has 0 aromatic heterocycles. The van der Waals surface area contributed by atoms with Gasteiger partial charge in [0.1, 0.15) is 0 Å². The van der Waals surface area contributed by atoms with Gasteiger partial charge < -0.3 is 9.80 Å². The van der Waals surface area contributed by atoms with Crippen molar-refractivity contribution in [3.8, 4) is 0 Å². The lowest BCUT2D eigenvalue weighted by Crippen LogP contribution is -2.16. The molecule has 0 spiro atoms. The van der Waals surface area contributed by atoms with E-state index in [4.69, 9.17) is 0 Å². The summed E-state index contributed by atoms with van der Waals surface area (Å²) in [5, 5.41) is 0. The predicted octanol–water partition coefficient (Wildman–Crippen LogP) is 9.72. The average molecular weight is 457 g/mol. The molecule has 0 N–H and O–H groups in total. The SMILES string of the molecule is C1=CC=C(N(c2ccccc2)c2ccc(N(c3ccccc3)c3ccccc3)cc2)CC=C1.CC. The first kappa shape index (κ1) is 23.8. The molecule has 0 aliphatic heterocycles. The van der Waals surface area contributed by atoms with E-state index >= 15 is 0 Å². The Kier molecular flexibility index (Phi) is 8.34. The number of nitrogens with zero attached hydrogens (tertiary/aromatic N) is 2. The zero-order valence-electron chi connectivity index (χ0n) is 20.5.